The van der Waals surface area contributed by atoms with Crippen LogP contribution in [-0.4, -0.2) is 9.55 Å². The van der Waals surface area contributed by atoms with Crippen LogP contribution in [0.1, 0.15) is 30.6 Å². The molecule has 0 aliphatic heterocycles. The number of aryl methyl sites for hydroxylation is 1. The molecule has 1 rings (SSSR count). The molecule has 2 nitrogen and oxygen atoms in total. The van der Waals surface area contributed by atoms with E-state index in [9.17, 15) is 13.2 Å². The first-order valence-electron chi connectivity index (χ1n) is 4.59. The Balaban J connectivity index is 3.21. The van der Waals surface area contributed by atoms with Crippen molar-refractivity contribution in [3.8, 4) is 0 Å². The minimum atomic E-state index is -4.38. The molecule has 0 radical (unpaired) electrons. The van der Waals surface area contributed by atoms with Gasteiger partial charge in [0.05, 0.1) is 11.4 Å². The van der Waals surface area contributed by atoms with Gasteiger partial charge in [0.25, 0.3) is 0 Å². The molecule has 0 N–H and O–H groups in total. The highest BCUT2D eigenvalue weighted by Crippen LogP contribution is 2.30. The van der Waals surface area contributed by atoms with E-state index in [-0.39, 0.29) is 0 Å². The molecule has 0 aliphatic carbocycles. The van der Waals surface area contributed by atoms with Crippen molar-refractivity contribution in [1.29, 1.82) is 0 Å². The van der Waals surface area contributed by atoms with Gasteiger partial charge in [0.2, 0.25) is 5.82 Å². The van der Waals surface area contributed by atoms with Gasteiger partial charge in [-0.25, -0.2) is 4.98 Å². The molecule has 6 heteroatoms. The minimum Gasteiger partial charge on any atom is -0.326 e. The van der Waals surface area contributed by atoms with Gasteiger partial charge in [-0.1, -0.05) is 29.3 Å². The van der Waals surface area contributed by atoms with Crippen molar-refractivity contribution in [1.82, 2.24) is 9.55 Å². The monoisotopic (exact) mass is 284 g/mol. The summed E-state index contributed by atoms with van der Waals surface area (Å²) in [4.78, 5) is 3.65. The lowest BCUT2D eigenvalue weighted by atomic mass is 10.2. The minimum absolute atomic E-state index is 0.391. The first-order chi connectivity index (χ1) is 6.91. The van der Waals surface area contributed by atoms with E-state index < -0.39 is 12.0 Å². The Morgan fingerprint density at radius 1 is 1.40 bits per heavy atom. The predicted octanol–water partition coefficient (Wildman–Crippen LogP) is 3.29. The average Bonchev–Trinajstić information content (AvgIpc) is 2.42. The molecule has 0 spiro atoms. The second kappa shape index (κ2) is 4.55. The van der Waals surface area contributed by atoms with Crippen LogP contribution < -0.4 is 0 Å². The summed E-state index contributed by atoms with van der Waals surface area (Å²) < 4.78 is 38.7. The van der Waals surface area contributed by atoms with Crippen LogP contribution in [0.5, 0.6) is 0 Å². The van der Waals surface area contributed by atoms with Crippen LogP contribution in [0.2, 0.25) is 0 Å². The molecule has 1 aromatic rings. The second-order valence-corrected chi connectivity index (χ2v) is 3.83. The molecule has 1 heterocycles. The summed E-state index contributed by atoms with van der Waals surface area (Å²) in [7, 11) is 1.39. The lowest BCUT2D eigenvalue weighted by molar-refractivity contribution is -0.146. The molecule has 0 fully saturated rings. The number of alkyl halides is 4. The quantitative estimate of drug-likeness (QED) is 0.779. The van der Waals surface area contributed by atoms with Crippen LogP contribution >= 0.6 is 15.9 Å². The van der Waals surface area contributed by atoms with Crippen molar-refractivity contribution < 1.29 is 13.2 Å². The molecule has 15 heavy (non-hydrogen) atoms. The van der Waals surface area contributed by atoms with Crippen molar-refractivity contribution in [3.63, 3.8) is 0 Å². The van der Waals surface area contributed by atoms with E-state index in [0.29, 0.717) is 23.1 Å². The van der Waals surface area contributed by atoms with Gasteiger partial charge in [0, 0.05) is 12.4 Å². The zero-order valence-electron chi connectivity index (χ0n) is 8.53. The number of nitrogens with zero attached hydrogens (tertiary/aromatic N) is 2. The molecule has 0 saturated carbocycles. The van der Waals surface area contributed by atoms with Crippen LogP contribution in [0.15, 0.2) is 0 Å². The highest BCUT2D eigenvalue weighted by atomic mass is 79.9. The highest BCUT2D eigenvalue weighted by Gasteiger charge is 2.37. The van der Waals surface area contributed by atoms with Crippen LogP contribution in [-0.2, 0) is 25.0 Å². The van der Waals surface area contributed by atoms with Crippen molar-refractivity contribution in [3.05, 3.63) is 17.2 Å². The molecule has 0 bridgehead atoms. The molecule has 0 saturated heterocycles. The molecular weight excluding hydrogens is 273 g/mol. The number of halogens is 4. The first-order valence-corrected chi connectivity index (χ1v) is 5.71. The van der Waals surface area contributed by atoms with Crippen LogP contribution in [0.4, 0.5) is 13.2 Å². The van der Waals surface area contributed by atoms with Crippen molar-refractivity contribution in [2.45, 2.75) is 31.3 Å². The predicted molar refractivity (Wildman–Crippen MR) is 54.8 cm³/mol. The molecular formula is C9H12BrF3N2. The fraction of sp³-hybridized carbons (Fsp3) is 0.667. The van der Waals surface area contributed by atoms with Crippen molar-refractivity contribution in [2.75, 3.05) is 0 Å². The molecule has 0 amide bonds. The Kier molecular flexibility index (Phi) is 3.81. The van der Waals surface area contributed by atoms with E-state index in [1.54, 1.807) is 0 Å². The Hall–Kier alpha value is -0.520. The average molecular weight is 285 g/mol. The fourth-order valence-electron chi connectivity index (χ4n) is 1.45. The number of rotatable bonds is 3. The summed E-state index contributed by atoms with van der Waals surface area (Å²) in [6.45, 7) is 1.92. The van der Waals surface area contributed by atoms with Gasteiger partial charge in [-0.15, -0.1) is 0 Å². The van der Waals surface area contributed by atoms with Gasteiger partial charge in [-0.3, -0.25) is 0 Å². The maximum Gasteiger partial charge on any atom is 0.449 e. The summed E-state index contributed by atoms with van der Waals surface area (Å²) in [5.41, 5.74) is 1.13. The van der Waals surface area contributed by atoms with Gasteiger partial charge in [-0.2, -0.15) is 13.2 Å². The zero-order chi connectivity index (χ0) is 11.6. The lowest BCUT2D eigenvalue weighted by Gasteiger charge is -2.06. The topological polar surface area (TPSA) is 17.8 Å². The van der Waals surface area contributed by atoms with Gasteiger partial charge in [0.15, 0.2) is 0 Å². The van der Waals surface area contributed by atoms with Crippen LogP contribution in [0.25, 0.3) is 0 Å². The van der Waals surface area contributed by atoms with E-state index in [1.165, 1.54) is 7.05 Å². The second-order valence-electron chi connectivity index (χ2n) is 3.27. The highest BCUT2D eigenvalue weighted by molar-refractivity contribution is 9.08. The van der Waals surface area contributed by atoms with E-state index in [1.807, 2.05) is 6.92 Å². The van der Waals surface area contributed by atoms with E-state index in [0.717, 1.165) is 11.0 Å². The number of aromatic nitrogens is 2. The molecule has 0 atom stereocenters. The summed E-state index contributed by atoms with van der Waals surface area (Å²) in [6.07, 6.45) is -3.02. The van der Waals surface area contributed by atoms with Gasteiger partial charge < -0.3 is 4.57 Å². The third-order valence-corrected chi connectivity index (χ3v) is 2.69. The maximum absolute atomic E-state index is 12.5. The molecule has 1 aromatic heterocycles. The smallest absolute Gasteiger partial charge is 0.326 e. The molecule has 0 aromatic carbocycles. The van der Waals surface area contributed by atoms with E-state index >= 15 is 0 Å². The SMILES string of the molecule is CCCc1nc(C(F)(F)F)n(C)c1CBr. The summed E-state index contributed by atoms with van der Waals surface area (Å²) in [6, 6.07) is 0. The molecule has 0 aliphatic rings. The van der Waals surface area contributed by atoms with Crippen LogP contribution in [0.3, 0.4) is 0 Å². The van der Waals surface area contributed by atoms with E-state index in [4.69, 9.17) is 0 Å². The molecule has 86 valence electrons. The zero-order valence-corrected chi connectivity index (χ0v) is 10.1. The maximum atomic E-state index is 12.5. The Bertz CT molecular complexity index is 344. The van der Waals surface area contributed by atoms with Gasteiger partial charge >= 0.3 is 6.18 Å². The number of imidazole rings is 1. The van der Waals surface area contributed by atoms with Crippen molar-refractivity contribution in [2.24, 2.45) is 7.05 Å². The van der Waals surface area contributed by atoms with Gasteiger partial charge in [-0.05, 0) is 6.42 Å². The lowest BCUT2D eigenvalue weighted by Crippen LogP contribution is -2.13. The van der Waals surface area contributed by atoms with Crippen LogP contribution in [0, 0.1) is 0 Å². The summed E-state index contributed by atoms with van der Waals surface area (Å²) in [5, 5.41) is 0.391. The normalized spacial score (nSPS) is 12.1. The number of hydrogen-bond acceptors (Lipinski definition) is 1. The van der Waals surface area contributed by atoms with Gasteiger partial charge in [0.1, 0.15) is 0 Å². The third kappa shape index (κ3) is 2.53. The Morgan fingerprint density at radius 3 is 2.40 bits per heavy atom. The summed E-state index contributed by atoms with van der Waals surface area (Å²) >= 11 is 3.18. The van der Waals surface area contributed by atoms with E-state index in [2.05, 4.69) is 20.9 Å². The Labute approximate surface area is 94.6 Å². The fourth-order valence-corrected chi connectivity index (χ4v) is 2.15. The third-order valence-electron chi connectivity index (χ3n) is 2.16. The summed E-state index contributed by atoms with van der Waals surface area (Å²) in [5.74, 6) is -0.819. The first kappa shape index (κ1) is 12.5. The Morgan fingerprint density at radius 2 is 2.00 bits per heavy atom. The molecule has 0 unspecified atom stereocenters. The standard InChI is InChI=1S/C9H12BrF3N2/c1-3-4-6-7(5-10)15(2)8(14-6)9(11,12)13/h3-5H2,1-2H3. The number of hydrogen-bond donors (Lipinski definition) is 0. The van der Waals surface area contributed by atoms with Crippen molar-refractivity contribution >= 4 is 15.9 Å². The largest absolute Gasteiger partial charge is 0.449 e.